The van der Waals surface area contributed by atoms with Crippen molar-refractivity contribution in [1.82, 2.24) is 9.80 Å². The van der Waals surface area contributed by atoms with Gasteiger partial charge in [0, 0.05) is 59.5 Å². The predicted octanol–water partition coefficient (Wildman–Crippen LogP) is 8.54. The summed E-state index contributed by atoms with van der Waals surface area (Å²) in [6.45, 7) is 5.04. The third-order valence-corrected chi connectivity index (χ3v) is 16.3. The Labute approximate surface area is 311 Å². The number of hydrogen-bond acceptors (Lipinski definition) is 4. The van der Waals surface area contributed by atoms with Crippen molar-refractivity contribution in [2.24, 2.45) is 23.7 Å². The number of nitrogens with zero attached hydrogens (tertiary/aromatic N) is 2. The number of piperidine rings is 2. The topological polar surface area (TPSA) is 64.7 Å². The molecule has 6 aliphatic carbocycles. The number of amides is 2. The van der Waals surface area contributed by atoms with Crippen LogP contribution in [-0.4, -0.2) is 59.9 Å². The van der Waals surface area contributed by atoms with E-state index in [0.29, 0.717) is 12.1 Å². The molecule has 2 amide bonds. The maximum atomic E-state index is 13.2. The number of benzene rings is 2. The number of likely N-dealkylation sites (tertiary alicyclic amines) is 2. The van der Waals surface area contributed by atoms with Crippen LogP contribution in [0, 0.1) is 23.7 Å². The summed E-state index contributed by atoms with van der Waals surface area (Å²) in [5, 5.41) is 6.25. The van der Waals surface area contributed by atoms with Crippen LogP contribution >= 0.6 is 0 Å². The molecule has 10 rings (SSSR count). The van der Waals surface area contributed by atoms with E-state index in [0.717, 1.165) is 47.9 Å². The molecular weight excluding hydrogens is 641 g/mol. The molecule has 4 bridgehead atoms. The van der Waals surface area contributed by atoms with Gasteiger partial charge in [-0.3, -0.25) is 19.4 Å². The highest BCUT2D eigenvalue weighted by atomic mass is 16.2. The standard InChI is InChI=1S/C46H60N4O2/c51-43(47-35-15-13-33-25-41-37-11-1-3-19-45(37,39(33)27-35)21-23-49(41)29-31-7-5-8-31)17-18-44(52)48-36-16-14-34-26-42-38-12-2-4-20-46(38,40(34)28-36)22-24-50(42)30-32-9-6-10-32/h13-18,27-28,31-32,37-38,41-42H,1-12,19-26,29-30H2,(H,47,51)(H,48,52)/b18-17+/t37-,38-,41-,42-,45+,46+/m0/s1. The fraction of sp³-hybridized carbons (Fsp3) is 0.652. The van der Waals surface area contributed by atoms with E-state index in [-0.39, 0.29) is 22.6 Å². The second-order valence-corrected chi connectivity index (χ2v) is 18.7. The van der Waals surface area contributed by atoms with E-state index < -0.39 is 0 Å². The molecule has 2 aliphatic heterocycles. The molecule has 6 atom stereocenters. The van der Waals surface area contributed by atoms with Gasteiger partial charge in [0.15, 0.2) is 0 Å². The van der Waals surface area contributed by atoms with Crippen molar-refractivity contribution in [3.05, 3.63) is 70.8 Å². The Morgan fingerprint density at radius 3 is 1.48 bits per heavy atom. The van der Waals surface area contributed by atoms with Crippen LogP contribution in [0.1, 0.15) is 125 Å². The average Bonchev–Trinajstić information content (AvgIpc) is 3.12. The predicted molar refractivity (Wildman–Crippen MR) is 209 cm³/mol. The number of hydrogen-bond donors (Lipinski definition) is 2. The van der Waals surface area contributed by atoms with Crippen LogP contribution in [0.2, 0.25) is 0 Å². The van der Waals surface area contributed by atoms with Crippen LogP contribution in [0.3, 0.4) is 0 Å². The number of carbonyl (C=O) groups is 2. The third kappa shape index (κ3) is 5.72. The fourth-order valence-electron chi connectivity index (χ4n) is 13.3. The molecule has 6 nitrogen and oxygen atoms in total. The second-order valence-electron chi connectivity index (χ2n) is 18.7. The lowest BCUT2D eigenvalue weighted by Gasteiger charge is -2.59. The highest BCUT2D eigenvalue weighted by Gasteiger charge is 2.55. The van der Waals surface area contributed by atoms with Crippen molar-refractivity contribution in [1.29, 1.82) is 0 Å². The van der Waals surface area contributed by atoms with Crippen LogP contribution in [-0.2, 0) is 33.3 Å². The van der Waals surface area contributed by atoms with E-state index in [1.165, 1.54) is 163 Å². The summed E-state index contributed by atoms with van der Waals surface area (Å²) in [7, 11) is 0. The van der Waals surface area contributed by atoms with Crippen molar-refractivity contribution in [3.63, 3.8) is 0 Å². The zero-order valence-electron chi connectivity index (χ0n) is 31.4. The van der Waals surface area contributed by atoms with Crippen LogP contribution in [0.5, 0.6) is 0 Å². The van der Waals surface area contributed by atoms with Gasteiger partial charge in [0.25, 0.3) is 0 Å². The monoisotopic (exact) mass is 700 g/mol. The Morgan fingerprint density at radius 1 is 0.596 bits per heavy atom. The minimum Gasteiger partial charge on any atom is -0.323 e. The van der Waals surface area contributed by atoms with Crippen LogP contribution in [0.4, 0.5) is 11.4 Å². The van der Waals surface area contributed by atoms with E-state index in [4.69, 9.17) is 0 Å². The number of fused-ring (bicyclic) bond motifs is 2. The van der Waals surface area contributed by atoms with Crippen LogP contribution in [0.25, 0.3) is 0 Å². The molecule has 2 heterocycles. The summed E-state index contributed by atoms with van der Waals surface area (Å²) >= 11 is 0. The Balaban J connectivity index is 0.811. The van der Waals surface area contributed by atoms with Crippen LogP contribution in [0.15, 0.2) is 48.6 Å². The molecule has 0 aromatic heterocycles. The molecule has 6 fully saturated rings. The number of carbonyl (C=O) groups excluding carboxylic acids is 2. The highest BCUT2D eigenvalue weighted by molar-refractivity contribution is 6.07. The molecule has 0 radical (unpaired) electrons. The van der Waals surface area contributed by atoms with Gasteiger partial charge in [0.2, 0.25) is 11.8 Å². The zero-order valence-corrected chi connectivity index (χ0v) is 31.4. The van der Waals surface area contributed by atoms with Gasteiger partial charge in [0.1, 0.15) is 0 Å². The Hall–Kier alpha value is -2.96. The molecule has 8 aliphatic rings. The van der Waals surface area contributed by atoms with Gasteiger partial charge in [0.05, 0.1) is 0 Å². The smallest absolute Gasteiger partial charge is 0.248 e. The molecule has 2 aromatic carbocycles. The van der Waals surface area contributed by atoms with Gasteiger partial charge < -0.3 is 10.6 Å². The van der Waals surface area contributed by atoms with Gasteiger partial charge in [-0.05, 0) is 160 Å². The molecule has 0 unspecified atom stereocenters. The maximum absolute atomic E-state index is 13.2. The van der Waals surface area contributed by atoms with Gasteiger partial charge in [-0.25, -0.2) is 0 Å². The Kier molecular flexibility index (Phi) is 8.66. The van der Waals surface area contributed by atoms with Crippen molar-refractivity contribution in [3.8, 4) is 0 Å². The average molecular weight is 701 g/mol. The normalized spacial score (nSPS) is 34.2. The summed E-state index contributed by atoms with van der Waals surface area (Å²) < 4.78 is 0. The molecule has 4 saturated carbocycles. The van der Waals surface area contributed by atoms with Crippen molar-refractivity contribution >= 4 is 23.2 Å². The second kappa shape index (κ2) is 13.4. The molecule has 2 N–H and O–H groups in total. The van der Waals surface area contributed by atoms with Crippen molar-refractivity contribution in [2.45, 2.75) is 138 Å². The van der Waals surface area contributed by atoms with E-state index in [2.05, 4.69) is 56.8 Å². The fourth-order valence-corrected chi connectivity index (χ4v) is 13.3. The molecule has 276 valence electrons. The Morgan fingerprint density at radius 2 is 1.06 bits per heavy atom. The Bertz CT molecular complexity index is 1620. The molecular formula is C46H60N4O2. The summed E-state index contributed by atoms with van der Waals surface area (Å²) in [5.41, 5.74) is 8.21. The van der Waals surface area contributed by atoms with Gasteiger partial charge >= 0.3 is 0 Å². The van der Waals surface area contributed by atoms with Crippen LogP contribution < -0.4 is 10.6 Å². The SMILES string of the molecule is O=C(/C=C/C(=O)Nc1ccc2c(c1)[C@@]13CCCC[C@H]1[C@H](C2)N(CC1CCC1)CC3)Nc1ccc2c(c1)[C@@]13CCCC[C@H]1[C@H](C2)N(CC1CCC1)CC3. The minimum atomic E-state index is -0.245. The first-order valence-electron chi connectivity index (χ1n) is 21.5. The number of rotatable bonds is 8. The van der Waals surface area contributed by atoms with Gasteiger partial charge in [-0.1, -0.05) is 50.7 Å². The molecule has 52 heavy (non-hydrogen) atoms. The first-order chi connectivity index (χ1) is 25.5. The van der Waals surface area contributed by atoms with E-state index in [1.807, 2.05) is 0 Å². The molecule has 6 heteroatoms. The largest absolute Gasteiger partial charge is 0.323 e. The summed E-state index contributed by atoms with van der Waals surface area (Å²) in [4.78, 5) is 32.2. The molecule has 0 spiro atoms. The first-order valence-corrected chi connectivity index (χ1v) is 21.5. The van der Waals surface area contributed by atoms with Gasteiger partial charge in [-0.2, -0.15) is 0 Å². The quantitative estimate of drug-likeness (QED) is 0.271. The molecule has 2 saturated heterocycles. The highest BCUT2D eigenvalue weighted by Crippen LogP contribution is 2.58. The third-order valence-electron chi connectivity index (χ3n) is 16.3. The van der Waals surface area contributed by atoms with Crippen molar-refractivity contribution in [2.75, 3.05) is 36.8 Å². The lowest BCUT2D eigenvalue weighted by molar-refractivity contribution is -0.114. The minimum absolute atomic E-state index is 0.245. The van der Waals surface area contributed by atoms with E-state index >= 15 is 0 Å². The summed E-state index contributed by atoms with van der Waals surface area (Å²) in [5.74, 6) is 2.81. The molecule has 2 aromatic rings. The number of anilines is 2. The summed E-state index contributed by atoms with van der Waals surface area (Å²) in [6, 6.07) is 14.7. The lowest BCUT2D eigenvalue weighted by atomic mass is 9.52. The summed E-state index contributed by atoms with van der Waals surface area (Å²) in [6.07, 6.45) is 26.7. The van der Waals surface area contributed by atoms with E-state index in [9.17, 15) is 9.59 Å². The number of nitrogens with one attached hydrogen (secondary N) is 2. The van der Waals surface area contributed by atoms with E-state index in [1.54, 1.807) is 0 Å². The zero-order chi connectivity index (χ0) is 34.9. The lowest BCUT2D eigenvalue weighted by Crippen LogP contribution is -2.61. The van der Waals surface area contributed by atoms with Crippen molar-refractivity contribution < 1.29 is 9.59 Å². The maximum Gasteiger partial charge on any atom is 0.248 e. The first kappa shape index (κ1) is 33.6. The van der Waals surface area contributed by atoms with Gasteiger partial charge in [-0.15, -0.1) is 0 Å².